The van der Waals surface area contributed by atoms with Gasteiger partial charge in [0.25, 0.3) is 10.2 Å². The molecule has 21 heavy (non-hydrogen) atoms. The Kier molecular flexibility index (Phi) is 7.58. The summed E-state index contributed by atoms with van der Waals surface area (Å²) in [5, 5.41) is 8.56. The van der Waals surface area contributed by atoms with Crippen LogP contribution >= 0.6 is 0 Å². The smallest absolute Gasteiger partial charge is 0.304 e. The summed E-state index contributed by atoms with van der Waals surface area (Å²) >= 11 is 0. The molecule has 1 saturated heterocycles. The van der Waals surface area contributed by atoms with Gasteiger partial charge in [0.05, 0.1) is 6.42 Å². The molecule has 0 aromatic carbocycles. The second kappa shape index (κ2) is 8.67. The lowest BCUT2D eigenvalue weighted by atomic mass is 9.99. The van der Waals surface area contributed by atoms with Crippen molar-refractivity contribution in [1.82, 2.24) is 13.9 Å². The Morgan fingerprint density at radius 1 is 1.38 bits per heavy atom. The molecule has 0 atom stereocenters. The number of likely N-dealkylation sites (tertiary alicyclic amines) is 1. The van der Waals surface area contributed by atoms with E-state index in [0.717, 1.165) is 36.3 Å². The van der Waals surface area contributed by atoms with E-state index in [1.807, 2.05) is 0 Å². The molecule has 7 nitrogen and oxygen atoms in total. The quantitative estimate of drug-likeness (QED) is 0.598. The maximum atomic E-state index is 11.8. The van der Waals surface area contributed by atoms with E-state index in [0.29, 0.717) is 6.54 Å². The van der Waals surface area contributed by atoms with Gasteiger partial charge < -0.3 is 10.0 Å². The molecule has 0 aromatic rings. The molecular weight excluding hydrogens is 294 g/mol. The number of carboxylic acid groups (broad SMARTS) is 1. The van der Waals surface area contributed by atoms with Crippen LogP contribution in [0.15, 0.2) is 0 Å². The molecule has 0 amide bonds. The normalized spacial score (nSPS) is 18.2. The maximum Gasteiger partial charge on any atom is 0.304 e. The van der Waals surface area contributed by atoms with Gasteiger partial charge in [0.2, 0.25) is 0 Å². The predicted molar refractivity (Wildman–Crippen MR) is 81.3 cm³/mol. The zero-order valence-corrected chi connectivity index (χ0v) is 13.7. The minimum absolute atomic E-state index is 0.0192. The predicted octanol–water partition coefficient (Wildman–Crippen LogP) is 0.349. The van der Waals surface area contributed by atoms with Gasteiger partial charge in [-0.25, -0.2) is 4.72 Å². The molecule has 124 valence electrons. The van der Waals surface area contributed by atoms with Gasteiger partial charge in [-0.05, 0) is 44.8 Å². The lowest BCUT2D eigenvalue weighted by molar-refractivity contribution is -0.137. The summed E-state index contributed by atoms with van der Waals surface area (Å²) in [6.45, 7) is 5.70. The molecule has 0 bridgehead atoms. The van der Waals surface area contributed by atoms with Crippen molar-refractivity contribution in [1.29, 1.82) is 0 Å². The van der Waals surface area contributed by atoms with Gasteiger partial charge >= 0.3 is 5.97 Å². The van der Waals surface area contributed by atoms with Crippen LogP contribution in [0.5, 0.6) is 0 Å². The number of nitrogens with one attached hydrogen (secondary N) is 1. The van der Waals surface area contributed by atoms with Crippen LogP contribution in [0, 0.1) is 5.92 Å². The van der Waals surface area contributed by atoms with Crippen molar-refractivity contribution in [3.05, 3.63) is 0 Å². The Hall–Kier alpha value is -0.700. The summed E-state index contributed by atoms with van der Waals surface area (Å²) in [5.41, 5.74) is 0. The van der Waals surface area contributed by atoms with Gasteiger partial charge in [-0.2, -0.15) is 12.7 Å². The van der Waals surface area contributed by atoms with Crippen molar-refractivity contribution in [3.8, 4) is 0 Å². The van der Waals surface area contributed by atoms with Gasteiger partial charge in [-0.15, -0.1) is 0 Å². The third kappa shape index (κ3) is 7.21. The first-order chi connectivity index (χ1) is 9.81. The van der Waals surface area contributed by atoms with Crippen LogP contribution < -0.4 is 4.72 Å². The number of carboxylic acids is 1. The van der Waals surface area contributed by atoms with Crippen molar-refractivity contribution in [2.45, 2.75) is 32.6 Å². The summed E-state index contributed by atoms with van der Waals surface area (Å²) in [5.74, 6) is -0.209. The molecule has 0 aliphatic carbocycles. The molecule has 2 N–H and O–H groups in total. The summed E-state index contributed by atoms with van der Waals surface area (Å²) in [6, 6.07) is 0. The average molecular weight is 321 g/mol. The van der Waals surface area contributed by atoms with Crippen LogP contribution in [0.1, 0.15) is 32.6 Å². The number of nitrogens with zero attached hydrogens (tertiary/aromatic N) is 2. The van der Waals surface area contributed by atoms with Gasteiger partial charge in [0, 0.05) is 20.1 Å². The van der Waals surface area contributed by atoms with E-state index in [1.54, 1.807) is 0 Å². The van der Waals surface area contributed by atoms with Crippen LogP contribution in [0.25, 0.3) is 0 Å². The SMILES string of the molecule is CC1CCN(CCCNS(=O)(=O)N(C)CCC(=O)O)CC1. The molecule has 8 heteroatoms. The third-order valence-corrected chi connectivity index (χ3v) is 5.43. The highest BCUT2D eigenvalue weighted by molar-refractivity contribution is 7.87. The molecule has 1 aliphatic heterocycles. The van der Waals surface area contributed by atoms with E-state index in [-0.39, 0.29) is 13.0 Å². The molecule has 0 saturated carbocycles. The Balaban J connectivity index is 2.19. The van der Waals surface area contributed by atoms with Crippen LogP contribution in [-0.4, -0.2) is 68.5 Å². The highest BCUT2D eigenvalue weighted by Gasteiger charge is 2.18. The van der Waals surface area contributed by atoms with Crippen molar-refractivity contribution in [2.24, 2.45) is 5.92 Å². The number of hydrogen-bond acceptors (Lipinski definition) is 4. The third-order valence-electron chi connectivity index (χ3n) is 3.86. The highest BCUT2D eigenvalue weighted by Crippen LogP contribution is 2.15. The zero-order chi connectivity index (χ0) is 15.9. The molecule has 1 fully saturated rings. The minimum atomic E-state index is -3.57. The Morgan fingerprint density at radius 2 is 2.00 bits per heavy atom. The van der Waals surface area contributed by atoms with E-state index < -0.39 is 16.2 Å². The van der Waals surface area contributed by atoms with Crippen molar-refractivity contribution < 1.29 is 18.3 Å². The van der Waals surface area contributed by atoms with Gasteiger partial charge in [0.15, 0.2) is 0 Å². The molecule has 0 aromatic heterocycles. The van der Waals surface area contributed by atoms with E-state index >= 15 is 0 Å². The lowest BCUT2D eigenvalue weighted by Crippen LogP contribution is -2.41. The fourth-order valence-corrected chi connectivity index (χ4v) is 3.23. The topological polar surface area (TPSA) is 90.0 Å². The largest absolute Gasteiger partial charge is 0.481 e. The van der Waals surface area contributed by atoms with Gasteiger partial charge in [-0.1, -0.05) is 6.92 Å². The Morgan fingerprint density at radius 3 is 2.57 bits per heavy atom. The van der Waals surface area contributed by atoms with Gasteiger partial charge in [-0.3, -0.25) is 4.79 Å². The maximum absolute atomic E-state index is 11.8. The zero-order valence-electron chi connectivity index (χ0n) is 12.9. The number of piperidine rings is 1. The van der Waals surface area contributed by atoms with Crippen LogP contribution in [0.3, 0.4) is 0 Å². The standard InChI is InChI=1S/C13H27N3O4S/c1-12-4-10-16(11-5-12)8-3-7-14-21(19,20)15(2)9-6-13(17)18/h12,14H,3-11H2,1-2H3,(H,17,18). The van der Waals surface area contributed by atoms with Crippen molar-refractivity contribution in [2.75, 3.05) is 39.8 Å². The molecule has 0 unspecified atom stereocenters. The minimum Gasteiger partial charge on any atom is -0.481 e. The average Bonchev–Trinajstić information content (AvgIpc) is 2.42. The first kappa shape index (κ1) is 18.3. The lowest BCUT2D eigenvalue weighted by Gasteiger charge is -2.30. The van der Waals surface area contributed by atoms with Crippen molar-refractivity contribution >= 4 is 16.2 Å². The molecule has 1 heterocycles. The second-order valence-electron chi connectivity index (χ2n) is 5.74. The molecule has 0 spiro atoms. The highest BCUT2D eigenvalue weighted by atomic mass is 32.2. The summed E-state index contributed by atoms with van der Waals surface area (Å²) in [7, 11) is -2.18. The van der Waals surface area contributed by atoms with E-state index in [4.69, 9.17) is 5.11 Å². The molecule has 1 aliphatic rings. The van der Waals surface area contributed by atoms with Crippen LogP contribution in [0.2, 0.25) is 0 Å². The number of rotatable bonds is 9. The number of hydrogen-bond donors (Lipinski definition) is 2. The first-order valence-electron chi connectivity index (χ1n) is 7.46. The fourth-order valence-electron chi connectivity index (χ4n) is 2.27. The first-order valence-corrected chi connectivity index (χ1v) is 8.90. The van der Waals surface area contributed by atoms with E-state index in [9.17, 15) is 13.2 Å². The van der Waals surface area contributed by atoms with Gasteiger partial charge in [0.1, 0.15) is 0 Å². The fraction of sp³-hybridized carbons (Fsp3) is 0.923. The van der Waals surface area contributed by atoms with E-state index in [2.05, 4.69) is 16.5 Å². The molecule has 0 radical (unpaired) electrons. The summed E-state index contributed by atoms with van der Waals surface area (Å²) in [6.07, 6.45) is 3.00. The van der Waals surface area contributed by atoms with Crippen LogP contribution in [0.4, 0.5) is 0 Å². The Bertz CT molecular complexity index is 419. The monoisotopic (exact) mass is 321 g/mol. The number of aliphatic carboxylic acids is 1. The molecule has 1 rings (SSSR count). The number of carbonyl (C=O) groups is 1. The van der Waals surface area contributed by atoms with Crippen LogP contribution in [-0.2, 0) is 15.0 Å². The molecular formula is C13H27N3O4S. The summed E-state index contributed by atoms with van der Waals surface area (Å²) in [4.78, 5) is 12.8. The van der Waals surface area contributed by atoms with E-state index in [1.165, 1.54) is 19.9 Å². The Labute approximate surface area is 127 Å². The second-order valence-corrected chi connectivity index (χ2v) is 7.60. The van der Waals surface area contributed by atoms with Crippen molar-refractivity contribution in [3.63, 3.8) is 0 Å². The summed E-state index contributed by atoms with van der Waals surface area (Å²) < 4.78 is 27.2.